The van der Waals surface area contributed by atoms with Gasteiger partial charge in [-0.2, -0.15) is 5.26 Å². The molecule has 4 aromatic rings. The summed E-state index contributed by atoms with van der Waals surface area (Å²) in [5, 5.41) is 22.0. The van der Waals surface area contributed by atoms with Gasteiger partial charge in [-0.15, -0.1) is 21.5 Å². The number of ether oxygens (including phenoxy) is 1. The zero-order valence-electron chi connectivity index (χ0n) is 16.2. The summed E-state index contributed by atoms with van der Waals surface area (Å²) in [7, 11) is 1.63. The van der Waals surface area contributed by atoms with Crippen LogP contribution in [0.25, 0.3) is 32.4 Å². The van der Waals surface area contributed by atoms with E-state index in [2.05, 4.69) is 59.1 Å². The normalized spacial score (nSPS) is 10.8. The molecule has 11 heteroatoms. The summed E-state index contributed by atoms with van der Waals surface area (Å²) >= 11 is 9.81. The number of anilines is 1. The third kappa shape index (κ3) is 4.54. The number of nitrogens with zero attached hydrogens (tertiary/aromatic N) is 5. The van der Waals surface area contributed by atoms with Crippen LogP contribution < -0.4 is 5.32 Å². The van der Waals surface area contributed by atoms with Crippen LogP contribution in [-0.2, 0) is 4.74 Å². The monoisotopic (exact) mass is 563 g/mol. The van der Waals surface area contributed by atoms with E-state index < -0.39 is 0 Å². The van der Waals surface area contributed by atoms with Crippen molar-refractivity contribution in [3.8, 4) is 38.5 Å². The molecule has 0 amide bonds. The zero-order chi connectivity index (χ0) is 21.8. The van der Waals surface area contributed by atoms with Gasteiger partial charge in [-0.3, -0.25) is 0 Å². The number of nitriles is 1. The maximum Gasteiger partial charge on any atom is 0.223 e. The average Bonchev–Trinajstić information content (AvgIpc) is 3.42. The summed E-state index contributed by atoms with van der Waals surface area (Å²) in [6.07, 6.45) is 3.18. The molecule has 3 aromatic heterocycles. The number of halogens is 2. The van der Waals surface area contributed by atoms with Gasteiger partial charge in [-0.25, -0.2) is 9.97 Å². The number of aromatic amines is 1. The van der Waals surface area contributed by atoms with Gasteiger partial charge in [0.05, 0.1) is 27.6 Å². The van der Waals surface area contributed by atoms with Gasteiger partial charge in [-0.05, 0) is 46.4 Å². The minimum atomic E-state index is 0.468. The summed E-state index contributed by atoms with van der Waals surface area (Å²) in [5.74, 6) is 1.05. The quantitative estimate of drug-likeness (QED) is 0.244. The van der Waals surface area contributed by atoms with Crippen molar-refractivity contribution in [1.82, 2.24) is 25.1 Å². The first-order chi connectivity index (χ1) is 15.1. The van der Waals surface area contributed by atoms with Gasteiger partial charge in [-0.1, -0.05) is 17.7 Å². The first kappa shape index (κ1) is 21.6. The summed E-state index contributed by atoms with van der Waals surface area (Å²) in [6.45, 7) is 1.11. The topological polar surface area (TPSA) is 112 Å². The van der Waals surface area contributed by atoms with Crippen molar-refractivity contribution in [3.05, 3.63) is 50.9 Å². The highest BCUT2D eigenvalue weighted by Crippen LogP contribution is 2.47. The molecule has 0 atom stereocenters. The highest BCUT2D eigenvalue weighted by molar-refractivity contribution is 14.1. The van der Waals surface area contributed by atoms with Crippen LogP contribution in [0.1, 0.15) is 5.56 Å². The van der Waals surface area contributed by atoms with Crippen molar-refractivity contribution in [3.63, 3.8) is 0 Å². The van der Waals surface area contributed by atoms with Gasteiger partial charge in [0.2, 0.25) is 5.95 Å². The fourth-order valence-electron chi connectivity index (χ4n) is 2.99. The van der Waals surface area contributed by atoms with Crippen molar-refractivity contribution in [1.29, 1.82) is 5.26 Å². The second-order valence-electron chi connectivity index (χ2n) is 6.27. The summed E-state index contributed by atoms with van der Waals surface area (Å²) in [4.78, 5) is 13.4. The SMILES string of the molecule is COCCNc1nccc(-c2sc(-c3nnc[nH]3)c(-c3ccc(Cl)cc3I)c2C#N)n1. The number of hydrogen-bond acceptors (Lipinski definition) is 8. The maximum atomic E-state index is 10.1. The summed E-state index contributed by atoms with van der Waals surface area (Å²) < 4.78 is 5.99. The number of thiophene rings is 1. The van der Waals surface area contributed by atoms with Gasteiger partial charge in [0, 0.05) is 34.0 Å². The molecule has 0 saturated carbocycles. The third-order valence-electron chi connectivity index (χ3n) is 4.33. The van der Waals surface area contributed by atoms with E-state index in [9.17, 15) is 5.26 Å². The molecule has 0 aliphatic rings. The minimum Gasteiger partial charge on any atom is -0.383 e. The molecule has 0 aliphatic heterocycles. The number of benzene rings is 1. The molecule has 0 unspecified atom stereocenters. The van der Waals surface area contributed by atoms with Gasteiger partial charge in [0.25, 0.3) is 0 Å². The Hall–Kier alpha value is -2.59. The molecule has 31 heavy (non-hydrogen) atoms. The number of aromatic nitrogens is 5. The molecule has 0 aliphatic carbocycles. The number of hydrogen-bond donors (Lipinski definition) is 2. The first-order valence-electron chi connectivity index (χ1n) is 9.07. The molecule has 156 valence electrons. The molecule has 3 heterocycles. The smallest absolute Gasteiger partial charge is 0.223 e. The maximum absolute atomic E-state index is 10.1. The van der Waals surface area contributed by atoms with E-state index in [1.807, 2.05) is 18.2 Å². The molecule has 1 aromatic carbocycles. The second-order valence-corrected chi connectivity index (χ2v) is 8.89. The lowest BCUT2D eigenvalue weighted by Crippen LogP contribution is -2.10. The Bertz CT molecular complexity index is 1250. The summed E-state index contributed by atoms with van der Waals surface area (Å²) in [6, 6.07) is 9.74. The lowest BCUT2D eigenvalue weighted by atomic mass is 9.99. The van der Waals surface area contributed by atoms with Crippen LogP contribution >= 0.6 is 45.5 Å². The highest BCUT2D eigenvalue weighted by Gasteiger charge is 2.25. The number of methoxy groups -OCH3 is 1. The molecule has 0 radical (unpaired) electrons. The van der Waals surface area contributed by atoms with Crippen LogP contribution in [-0.4, -0.2) is 45.4 Å². The van der Waals surface area contributed by atoms with Crippen molar-refractivity contribution in [2.45, 2.75) is 0 Å². The van der Waals surface area contributed by atoms with Crippen molar-refractivity contribution >= 4 is 51.5 Å². The first-order valence-corrected chi connectivity index (χ1v) is 11.3. The Morgan fingerprint density at radius 1 is 1.32 bits per heavy atom. The van der Waals surface area contributed by atoms with Crippen molar-refractivity contribution in [2.75, 3.05) is 25.6 Å². The molecular weight excluding hydrogens is 549 g/mol. The molecule has 8 nitrogen and oxygen atoms in total. The lowest BCUT2D eigenvalue weighted by molar-refractivity contribution is 0.210. The van der Waals surface area contributed by atoms with E-state index in [-0.39, 0.29) is 0 Å². The van der Waals surface area contributed by atoms with Crippen LogP contribution in [0.5, 0.6) is 0 Å². The zero-order valence-corrected chi connectivity index (χ0v) is 19.9. The van der Waals surface area contributed by atoms with Crippen molar-refractivity contribution < 1.29 is 4.74 Å². The van der Waals surface area contributed by atoms with E-state index in [0.717, 1.165) is 24.5 Å². The van der Waals surface area contributed by atoms with Crippen molar-refractivity contribution in [2.24, 2.45) is 0 Å². The van der Waals surface area contributed by atoms with E-state index in [4.69, 9.17) is 16.3 Å². The molecule has 0 fully saturated rings. The molecule has 0 bridgehead atoms. The average molecular weight is 564 g/mol. The fraction of sp³-hybridized carbons (Fsp3) is 0.150. The summed E-state index contributed by atoms with van der Waals surface area (Å²) in [5.41, 5.74) is 2.82. The Balaban J connectivity index is 1.89. The number of H-pyrrole nitrogens is 1. The van der Waals surface area contributed by atoms with Gasteiger partial charge in [0.1, 0.15) is 12.4 Å². The van der Waals surface area contributed by atoms with Gasteiger partial charge in [0.15, 0.2) is 5.82 Å². The van der Waals surface area contributed by atoms with E-state index >= 15 is 0 Å². The Kier molecular flexibility index (Phi) is 6.77. The van der Waals surface area contributed by atoms with Crippen LogP contribution in [0, 0.1) is 14.9 Å². The largest absolute Gasteiger partial charge is 0.383 e. The van der Waals surface area contributed by atoms with Gasteiger partial charge >= 0.3 is 0 Å². The minimum absolute atomic E-state index is 0.468. The predicted molar refractivity (Wildman–Crippen MR) is 129 cm³/mol. The second kappa shape index (κ2) is 9.69. The lowest BCUT2D eigenvalue weighted by Gasteiger charge is -2.07. The van der Waals surface area contributed by atoms with Crippen LogP contribution in [0.4, 0.5) is 5.95 Å². The number of nitrogens with one attached hydrogen (secondary N) is 2. The molecule has 2 N–H and O–H groups in total. The van der Waals surface area contributed by atoms with E-state index in [0.29, 0.717) is 41.2 Å². The van der Waals surface area contributed by atoms with Crippen LogP contribution in [0.3, 0.4) is 0 Å². The third-order valence-corrected chi connectivity index (χ3v) is 6.68. The Morgan fingerprint density at radius 3 is 2.90 bits per heavy atom. The van der Waals surface area contributed by atoms with Gasteiger partial charge < -0.3 is 15.0 Å². The molecule has 0 spiro atoms. The number of rotatable bonds is 7. The fourth-order valence-corrected chi connectivity index (χ4v) is 5.31. The highest BCUT2D eigenvalue weighted by atomic mass is 127. The Labute approximate surface area is 200 Å². The van der Waals surface area contributed by atoms with E-state index in [1.165, 1.54) is 17.7 Å². The van der Waals surface area contributed by atoms with Crippen LogP contribution in [0.15, 0.2) is 36.8 Å². The van der Waals surface area contributed by atoms with E-state index in [1.54, 1.807) is 19.4 Å². The van der Waals surface area contributed by atoms with Crippen LogP contribution in [0.2, 0.25) is 5.02 Å². The molecule has 0 saturated heterocycles. The Morgan fingerprint density at radius 2 is 2.19 bits per heavy atom. The molecular formula is C20H15ClIN7OS. The standard InChI is InChI=1S/C20H15ClIN7OS/c1-30-7-6-25-20-24-5-4-15(28-20)17-13(9-23)16(12-3-2-11(21)8-14(12)22)18(31-17)19-26-10-27-29-19/h2-5,8,10H,6-7H2,1H3,(H,24,25,28)(H,26,27,29). The predicted octanol–water partition coefficient (Wildman–Crippen LogP) is 4.85. The molecule has 4 rings (SSSR count).